The number of rotatable bonds is 9. The van der Waals surface area contributed by atoms with Gasteiger partial charge in [-0.1, -0.05) is 25.5 Å². The van der Waals surface area contributed by atoms with Crippen molar-refractivity contribution >= 4 is 19.9 Å². The number of sulfonamides is 1. The fraction of sp³-hybridized carbons (Fsp3) is 0.444. The van der Waals surface area contributed by atoms with Gasteiger partial charge in [0.2, 0.25) is 10.0 Å². The van der Waals surface area contributed by atoms with Gasteiger partial charge in [0, 0.05) is 6.54 Å². The molecule has 1 aromatic heterocycles. The van der Waals surface area contributed by atoms with E-state index in [4.69, 9.17) is 4.42 Å². The minimum atomic E-state index is -3.84. The molecule has 0 saturated carbocycles. The van der Waals surface area contributed by atoms with E-state index in [1.807, 2.05) is 19.9 Å². The van der Waals surface area contributed by atoms with E-state index in [0.717, 1.165) is 12.0 Å². The molecule has 0 spiro atoms. The summed E-state index contributed by atoms with van der Waals surface area (Å²) >= 11 is 0. The number of hydrogen-bond donors (Lipinski definition) is 1. The van der Waals surface area contributed by atoms with E-state index in [-0.39, 0.29) is 23.0 Å². The SMILES string of the molecule is CCCCS(=O)(=O)NC[C@H](c1ccco1)S(=O)(=O)c1cc(C)ccc1C. The second kappa shape index (κ2) is 8.37. The lowest BCUT2D eigenvalue weighted by Gasteiger charge is -2.18. The molecule has 0 aliphatic carbocycles. The Morgan fingerprint density at radius 3 is 2.46 bits per heavy atom. The monoisotopic (exact) mass is 399 g/mol. The van der Waals surface area contributed by atoms with Crippen molar-refractivity contribution in [3.8, 4) is 0 Å². The van der Waals surface area contributed by atoms with Crippen molar-refractivity contribution in [1.82, 2.24) is 4.72 Å². The first-order chi connectivity index (χ1) is 12.2. The van der Waals surface area contributed by atoms with Gasteiger partial charge < -0.3 is 4.42 Å². The molecular formula is C18H25NO5S2. The summed E-state index contributed by atoms with van der Waals surface area (Å²) in [7, 11) is -7.39. The van der Waals surface area contributed by atoms with Gasteiger partial charge in [0.15, 0.2) is 9.84 Å². The van der Waals surface area contributed by atoms with E-state index in [1.54, 1.807) is 31.2 Å². The van der Waals surface area contributed by atoms with Gasteiger partial charge in [0.1, 0.15) is 11.0 Å². The third-order valence-corrected chi connectivity index (χ3v) is 7.77. The van der Waals surface area contributed by atoms with Crippen LogP contribution < -0.4 is 4.72 Å². The summed E-state index contributed by atoms with van der Waals surface area (Å²) in [5.74, 6) is 0.182. The Morgan fingerprint density at radius 1 is 1.12 bits per heavy atom. The maximum atomic E-state index is 13.2. The molecule has 0 aliphatic heterocycles. The highest BCUT2D eigenvalue weighted by Crippen LogP contribution is 2.31. The van der Waals surface area contributed by atoms with Crippen LogP contribution in [0.1, 0.15) is 41.9 Å². The lowest BCUT2D eigenvalue weighted by molar-refractivity contribution is 0.486. The Morgan fingerprint density at radius 2 is 1.85 bits per heavy atom. The number of unbranched alkanes of at least 4 members (excludes halogenated alkanes) is 1. The molecule has 8 heteroatoms. The predicted molar refractivity (Wildman–Crippen MR) is 101 cm³/mol. The first-order valence-corrected chi connectivity index (χ1v) is 11.7. The fourth-order valence-corrected chi connectivity index (χ4v) is 5.87. The first kappa shape index (κ1) is 20.7. The van der Waals surface area contributed by atoms with E-state index in [9.17, 15) is 16.8 Å². The van der Waals surface area contributed by atoms with Crippen LogP contribution >= 0.6 is 0 Å². The molecule has 0 aliphatic rings. The van der Waals surface area contributed by atoms with Gasteiger partial charge in [0.05, 0.1) is 16.9 Å². The molecule has 6 nitrogen and oxygen atoms in total. The molecule has 0 bridgehead atoms. The summed E-state index contributed by atoms with van der Waals surface area (Å²) in [6, 6.07) is 8.32. The van der Waals surface area contributed by atoms with Crippen LogP contribution in [-0.2, 0) is 19.9 Å². The lowest BCUT2D eigenvalue weighted by atomic mass is 10.2. The molecule has 0 radical (unpaired) electrons. The zero-order chi connectivity index (χ0) is 19.4. The normalized spacial score (nSPS) is 13.7. The number of furan rings is 1. The molecule has 1 atom stereocenters. The summed E-state index contributed by atoms with van der Waals surface area (Å²) in [6.07, 6.45) is 2.64. The van der Waals surface area contributed by atoms with Crippen LogP contribution in [0.3, 0.4) is 0 Å². The van der Waals surface area contributed by atoms with E-state index >= 15 is 0 Å². The van der Waals surface area contributed by atoms with Gasteiger partial charge in [-0.15, -0.1) is 0 Å². The molecule has 26 heavy (non-hydrogen) atoms. The third kappa shape index (κ3) is 4.96. The molecule has 0 fully saturated rings. The second-order valence-corrected chi connectivity index (χ2v) is 10.4. The summed E-state index contributed by atoms with van der Waals surface area (Å²) in [4.78, 5) is 0.187. The van der Waals surface area contributed by atoms with Crippen LogP contribution in [0.25, 0.3) is 0 Å². The van der Waals surface area contributed by atoms with Crippen molar-refractivity contribution in [1.29, 1.82) is 0 Å². The van der Waals surface area contributed by atoms with Crippen molar-refractivity contribution in [2.24, 2.45) is 0 Å². The van der Waals surface area contributed by atoms with Crippen molar-refractivity contribution in [3.05, 3.63) is 53.5 Å². The second-order valence-electron chi connectivity index (χ2n) is 6.34. The molecule has 2 rings (SSSR count). The van der Waals surface area contributed by atoms with Crippen LogP contribution in [0.15, 0.2) is 45.9 Å². The largest absolute Gasteiger partial charge is 0.468 e. The van der Waals surface area contributed by atoms with Gasteiger partial charge in [-0.25, -0.2) is 21.6 Å². The first-order valence-electron chi connectivity index (χ1n) is 8.49. The smallest absolute Gasteiger partial charge is 0.211 e. The van der Waals surface area contributed by atoms with Gasteiger partial charge >= 0.3 is 0 Å². The predicted octanol–water partition coefficient (Wildman–Crippen LogP) is 3.13. The van der Waals surface area contributed by atoms with Crippen LogP contribution in [-0.4, -0.2) is 29.1 Å². The van der Waals surface area contributed by atoms with E-state index < -0.39 is 25.1 Å². The van der Waals surface area contributed by atoms with Crippen LogP contribution in [0, 0.1) is 13.8 Å². The molecule has 1 heterocycles. The number of benzene rings is 1. The van der Waals surface area contributed by atoms with Crippen LogP contribution in [0.5, 0.6) is 0 Å². The molecule has 2 aromatic rings. The maximum absolute atomic E-state index is 13.2. The topological polar surface area (TPSA) is 93.4 Å². The average molecular weight is 400 g/mol. The third-order valence-electron chi connectivity index (χ3n) is 4.14. The highest BCUT2D eigenvalue weighted by molar-refractivity contribution is 7.92. The number of aryl methyl sites for hydroxylation is 2. The highest BCUT2D eigenvalue weighted by Gasteiger charge is 2.33. The van der Waals surface area contributed by atoms with Crippen molar-refractivity contribution < 1.29 is 21.3 Å². The Hall–Kier alpha value is -1.64. The van der Waals surface area contributed by atoms with Crippen molar-refractivity contribution in [2.45, 2.75) is 43.8 Å². The molecule has 0 amide bonds. The van der Waals surface area contributed by atoms with E-state index in [0.29, 0.717) is 12.0 Å². The molecule has 144 valence electrons. The Balaban J connectivity index is 2.38. The van der Waals surface area contributed by atoms with Crippen molar-refractivity contribution in [2.75, 3.05) is 12.3 Å². The molecular weight excluding hydrogens is 374 g/mol. The summed E-state index contributed by atoms with van der Waals surface area (Å²) in [5.41, 5.74) is 1.43. The summed E-state index contributed by atoms with van der Waals surface area (Å²) in [6.45, 7) is 5.16. The van der Waals surface area contributed by atoms with Crippen LogP contribution in [0.2, 0.25) is 0 Å². The minimum Gasteiger partial charge on any atom is -0.468 e. The number of nitrogens with one attached hydrogen (secondary N) is 1. The van der Waals surface area contributed by atoms with Gasteiger partial charge in [-0.05, 0) is 49.6 Å². The van der Waals surface area contributed by atoms with E-state index in [1.165, 1.54) is 6.26 Å². The Labute approximate surface area is 155 Å². The minimum absolute atomic E-state index is 0.0299. The summed E-state index contributed by atoms with van der Waals surface area (Å²) in [5, 5.41) is -1.13. The highest BCUT2D eigenvalue weighted by atomic mass is 32.2. The molecule has 0 unspecified atom stereocenters. The number of sulfone groups is 1. The Bertz CT molecular complexity index is 932. The van der Waals surface area contributed by atoms with Gasteiger partial charge in [0.25, 0.3) is 0 Å². The van der Waals surface area contributed by atoms with E-state index in [2.05, 4.69) is 4.72 Å². The summed E-state index contributed by atoms with van der Waals surface area (Å²) < 4.78 is 58.4. The quantitative estimate of drug-likeness (QED) is 0.699. The maximum Gasteiger partial charge on any atom is 0.211 e. The fourth-order valence-electron chi connectivity index (χ4n) is 2.61. The molecule has 1 N–H and O–H groups in total. The number of hydrogen-bond acceptors (Lipinski definition) is 5. The molecule has 0 saturated heterocycles. The zero-order valence-electron chi connectivity index (χ0n) is 15.2. The standard InChI is InChI=1S/C18H25NO5S2/c1-4-5-11-25(20,21)19-13-18(16-7-6-10-24-16)26(22,23)17-12-14(2)8-9-15(17)3/h6-10,12,18-19H,4-5,11,13H2,1-3H3/t18-/m1/s1. The average Bonchev–Trinajstić information content (AvgIpc) is 3.09. The molecule has 1 aromatic carbocycles. The van der Waals surface area contributed by atoms with Gasteiger partial charge in [-0.2, -0.15) is 0 Å². The van der Waals surface area contributed by atoms with Crippen molar-refractivity contribution in [3.63, 3.8) is 0 Å². The zero-order valence-corrected chi connectivity index (χ0v) is 16.9. The lowest BCUT2D eigenvalue weighted by Crippen LogP contribution is -2.33. The Kier molecular flexibility index (Phi) is 6.65. The van der Waals surface area contributed by atoms with Crippen LogP contribution in [0.4, 0.5) is 0 Å². The van der Waals surface area contributed by atoms with Gasteiger partial charge in [-0.3, -0.25) is 0 Å².